The average Bonchev–Trinajstić information content (AvgIpc) is 2.45. The highest BCUT2D eigenvalue weighted by molar-refractivity contribution is 6.71. The highest BCUT2D eigenvalue weighted by atomic mass is 28.4. The Hall–Kier alpha value is 0.468. The predicted molar refractivity (Wildman–Crippen MR) is 129 cm³/mol. The second-order valence-electron chi connectivity index (χ2n) is 12.2. The highest BCUT2D eigenvalue weighted by Crippen LogP contribution is 2.51. The standard InChI is InChI=1S/C18H44O10Si4/c1-29(2,3)25-15(21)17(27-31(7,8)9)18(23,28-32(10,11)12)16(22,26-30(4,5)6)13(19)14(20)24-17/h13-15,19-23H,1-12H3/t13-,14?,15?,16+,17+,18-/m1/s1. The molecule has 14 heteroatoms. The molecule has 32 heavy (non-hydrogen) atoms. The van der Waals surface area contributed by atoms with E-state index in [4.69, 9.17) is 22.4 Å². The number of aliphatic hydroxyl groups is 5. The van der Waals surface area contributed by atoms with Gasteiger partial charge in [0, 0.05) is 0 Å². The summed E-state index contributed by atoms with van der Waals surface area (Å²) in [6.07, 6.45) is -6.20. The van der Waals surface area contributed by atoms with Crippen molar-refractivity contribution in [1.29, 1.82) is 0 Å². The maximum absolute atomic E-state index is 12.2. The molecule has 2 unspecified atom stereocenters. The van der Waals surface area contributed by atoms with E-state index in [0.717, 1.165) is 0 Å². The zero-order valence-corrected chi connectivity index (χ0v) is 25.5. The van der Waals surface area contributed by atoms with Crippen molar-refractivity contribution in [3.05, 3.63) is 0 Å². The molecule has 0 aliphatic carbocycles. The molecule has 0 spiro atoms. The highest BCUT2D eigenvalue weighted by Gasteiger charge is 2.79. The third kappa shape index (κ3) is 6.78. The van der Waals surface area contributed by atoms with Gasteiger partial charge in [-0.05, 0) is 78.6 Å². The maximum atomic E-state index is 12.2. The molecule has 1 aliphatic rings. The van der Waals surface area contributed by atoms with E-state index >= 15 is 0 Å². The number of ether oxygens (including phenoxy) is 1. The first-order valence-electron chi connectivity index (χ1n) is 10.7. The summed E-state index contributed by atoms with van der Waals surface area (Å²) in [7, 11) is -10.7. The zero-order chi connectivity index (χ0) is 25.8. The van der Waals surface area contributed by atoms with Crippen molar-refractivity contribution in [1.82, 2.24) is 0 Å². The lowest BCUT2D eigenvalue weighted by Gasteiger charge is -2.62. The van der Waals surface area contributed by atoms with Gasteiger partial charge in [0.05, 0.1) is 0 Å². The molecule has 1 saturated heterocycles. The van der Waals surface area contributed by atoms with Gasteiger partial charge in [-0.25, -0.2) is 0 Å². The van der Waals surface area contributed by atoms with E-state index < -0.39 is 69.3 Å². The van der Waals surface area contributed by atoms with Crippen LogP contribution in [0.3, 0.4) is 0 Å². The average molecular weight is 533 g/mol. The Balaban J connectivity index is 3.99. The van der Waals surface area contributed by atoms with Crippen LogP contribution in [-0.2, 0) is 22.4 Å². The summed E-state index contributed by atoms with van der Waals surface area (Å²) < 4.78 is 29.6. The van der Waals surface area contributed by atoms with Gasteiger partial charge in [-0.3, -0.25) is 0 Å². The monoisotopic (exact) mass is 532 g/mol. The number of hydrogen-bond acceptors (Lipinski definition) is 10. The molecule has 1 fully saturated rings. The summed E-state index contributed by atoms with van der Waals surface area (Å²) in [5, 5.41) is 56.7. The maximum Gasteiger partial charge on any atom is 0.274 e. The van der Waals surface area contributed by atoms with Gasteiger partial charge in [-0.15, -0.1) is 0 Å². The molecule has 10 nitrogen and oxygen atoms in total. The summed E-state index contributed by atoms with van der Waals surface area (Å²) in [5.74, 6) is -8.48. The van der Waals surface area contributed by atoms with E-state index in [1.165, 1.54) is 0 Å². The number of hydrogen-bond donors (Lipinski definition) is 5. The van der Waals surface area contributed by atoms with Crippen LogP contribution in [0.2, 0.25) is 78.6 Å². The number of aliphatic hydroxyl groups excluding tert-OH is 3. The summed E-state index contributed by atoms with van der Waals surface area (Å²) in [5.41, 5.74) is 0. The second kappa shape index (κ2) is 9.16. The largest absolute Gasteiger partial charge is 0.389 e. The second-order valence-corrected chi connectivity index (χ2v) is 29.9. The van der Waals surface area contributed by atoms with Crippen LogP contribution in [0, 0.1) is 0 Å². The quantitative estimate of drug-likeness (QED) is 0.218. The molecule has 192 valence electrons. The smallest absolute Gasteiger partial charge is 0.274 e. The number of rotatable bonds is 9. The van der Waals surface area contributed by atoms with Crippen LogP contribution in [0.1, 0.15) is 0 Å². The minimum atomic E-state index is -2.96. The van der Waals surface area contributed by atoms with Gasteiger partial charge < -0.3 is 48.0 Å². The molecule has 1 aliphatic heterocycles. The van der Waals surface area contributed by atoms with E-state index in [2.05, 4.69) is 0 Å². The van der Waals surface area contributed by atoms with Gasteiger partial charge in [0.2, 0.25) is 12.1 Å². The van der Waals surface area contributed by atoms with Crippen molar-refractivity contribution in [2.45, 2.75) is 115 Å². The van der Waals surface area contributed by atoms with Crippen molar-refractivity contribution >= 4 is 33.3 Å². The Labute approximate surface area is 195 Å². The van der Waals surface area contributed by atoms with E-state index in [-0.39, 0.29) is 0 Å². The molecule has 6 atom stereocenters. The van der Waals surface area contributed by atoms with Gasteiger partial charge in [-0.1, -0.05) is 0 Å². The molecule has 0 bridgehead atoms. The zero-order valence-electron chi connectivity index (χ0n) is 21.5. The molecular weight excluding hydrogens is 489 g/mol. The van der Waals surface area contributed by atoms with E-state index in [1.807, 2.05) is 0 Å². The van der Waals surface area contributed by atoms with Gasteiger partial charge in [0.1, 0.15) is 0 Å². The summed E-state index contributed by atoms with van der Waals surface area (Å²) in [6.45, 7) is 21.1. The van der Waals surface area contributed by atoms with Crippen LogP contribution < -0.4 is 0 Å². The molecule has 0 aromatic rings. The molecule has 1 rings (SSSR count). The van der Waals surface area contributed by atoms with Gasteiger partial charge >= 0.3 is 0 Å². The Morgan fingerprint density at radius 3 is 1.44 bits per heavy atom. The van der Waals surface area contributed by atoms with E-state index in [9.17, 15) is 25.5 Å². The minimum absolute atomic E-state index is 1.73. The van der Waals surface area contributed by atoms with Crippen LogP contribution in [0.5, 0.6) is 0 Å². The van der Waals surface area contributed by atoms with Gasteiger partial charge in [-0.2, -0.15) is 0 Å². The molecule has 0 saturated carbocycles. The molecule has 0 amide bonds. The Bertz CT molecular complexity index is 640. The lowest BCUT2D eigenvalue weighted by molar-refractivity contribution is -0.537. The Morgan fingerprint density at radius 2 is 1.09 bits per heavy atom. The first-order chi connectivity index (χ1) is 13.8. The van der Waals surface area contributed by atoms with Crippen molar-refractivity contribution in [2.75, 3.05) is 0 Å². The summed E-state index contributed by atoms with van der Waals surface area (Å²) >= 11 is 0. The van der Waals surface area contributed by atoms with E-state index in [1.54, 1.807) is 78.6 Å². The summed E-state index contributed by atoms with van der Waals surface area (Å²) in [6, 6.07) is 0. The third-order valence-corrected chi connectivity index (χ3v) is 7.77. The van der Waals surface area contributed by atoms with Crippen LogP contribution in [0.15, 0.2) is 0 Å². The fourth-order valence-electron chi connectivity index (χ4n) is 3.39. The molecule has 0 aromatic carbocycles. The van der Waals surface area contributed by atoms with Crippen LogP contribution in [0.25, 0.3) is 0 Å². The minimum Gasteiger partial charge on any atom is -0.389 e. The van der Waals surface area contributed by atoms with Crippen LogP contribution >= 0.6 is 0 Å². The fourth-order valence-corrected chi connectivity index (χ4v) is 7.78. The van der Waals surface area contributed by atoms with Crippen molar-refractivity contribution in [3.63, 3.8) is 0 Å². The molecular formula is C18H44O10Si4. The van der Waals surface area contributed by atoms with Gasteiger partial charge in [0.15, 0.2) is 45.7 Å². The van der Waals surface area contributed by atoms with E-state index in [0.29, 0.717) is 0 Å². The molecule has 5 N–H and O–H groups in total. The SMILES string of the molecule is C[Si](C)(C)OC(O)[C@@]1(O[Si](C)(C)C)OC(O)[C@@H](O)[C@](O)(O[Si](C)(C)C)[C@@]1(O)O[Si](C)(C)C. The fraction of sp³-hybridized carbons (Fsp3) is 1.00. The normalized spacial score (nSPS) is 36.3. The lowest BCUT2D eigenvalue weighted by Crippen LogP contribution is -2.86. The lowest BCUT2D eigenvalue weighted by atomic mass is 9.87. The topological polar surface area (TPSA) is 147 Å². The van der Waals surface area contributed by atoms with Crippen molar-refractivity contribution in [3.8, 4) is 0 Å². The van der Waals surface area contributed by atoms with Gasteiger partial charge in [0.25, 0.3) is 11.6 Å². The van der Waals surface area contributed by atoms with Crippen molar-refractivity contribution in [2.24, 2.45) is 0 Å². The van der Waals surface area contributed by atoms with Crippen LogP contribution in [-0.4, -0.2) is 94.8 Å². The summed E-state index contributed by atoms with van der Waals surface area (Å²) in [4.78, 5) is 0. The van der Waals surface area contributed by atoms with Crippen LogP contribution in [0.4, 0.5) is 0 Å². The predicted octanol–water partition coefficient (Wildman–Crippen LogP) is 1.49. The third-order valence-electron chi connectivity index (χ3n) is 4.09. The Kier molecular flexibility index (Phi) is 8.73. The molecule has 1 heterocycles. The molecule has 0 aromatic heterocycles. The molecule has 0 radical (unpaired) electrons. The van der Waals surface area contributed by atoms with Crippen molar-refractivity contribution < 1.29 is 48.0 Å². The first-order valence-corrected chi connectivity index (χ1v) is 24.4. The Morgan fingerprint density at radius 1 is 0.688 bits per heavy atom. The first kappa shape index (κ1) is 30.5.